The fraction of sp³-hybridized carbons (Fsp3) is 0.500. The maximum Gasteiger partial charge on any atom is 0.232 e. The van der Waals surface area contributed by atoms with Crippen LogP contribution in [0.4, 0.5) is 5.69 Å². The van der Waals surface area contributed by atoms with Crippen molar-refractivity contribution in [2.24, 2.45) is 0 Å². The number of hydrogen-bond donors (Lipinski definition) is 3. The third kappa shape index (κ3) is 4.64. The van der Waals surface area contributed by atoms with Crippen LogP contribution in [0.3, 0.4) is 0 Å². The highest BCUT2D eigenvalue weighted by Crippen LogP contribution is 2.16. The monoisotopic (exact) mass is 272 g/mol. The van der Waals surface area contributed by atoms with Gasteiger partial charge in [0.25, 0.3) is 0 Å². The van der Waals surface area contributed by atoms with E-state index in [1.165, 1.54) is 0 Å². The Kier molecular flexibility index (Phi) is 5.58. The number of benzene rings is 1. The summed E-state index contributed by atoms with van der Waals surface area (Å²) in [5.41, 5.74) is 1.61. The lowest BCUT2D eigenvalue weighted by molar-refractivity contribution is 0.286. The van der Waals surface area contributed by atoms with Gasteiger partial charge in [0.1, 0.15) is 0 Å². The Hall–Kier alpha value is -1.11. The molecule has 0 fully saturated rings. The van der Waals surface area contributed by atoms with Crippen molar-refractivity contribution < 1.29 is 13.5 Å². The quantitative estimate of drug-likeness (QED) is 0.694. The van der Waals surface area contributed by atoms with Gasteiger partial charge in [0.15, 0.2) is 0 Å². The molecule has 1 rings (SSSR count). The lowest BCUT2D eigenvalue weighted by Gasteiger charge is -2.14. The summed E-state index contributed by atoms with van der Waals surface area (Å²) in [7, 11) is -3.22. The minimum Gasteiger partial charge on any atom is -0.395 e. The summed E-state index contributed by atoms with van der Waals surface area (Å²) in [5, 5.41) is 11.9. The molecule has 0 saturated carbocycles. The Morgan fingerprint density at radius 2 is 1.89 bits per heavy atom. The van der Waals surface area contributed by atoms with E-state index in [0.717, 1.165) is 5.56 Å². The Balaban J connectivity index is 2.68. The van der Waals surface area contributed by atoms with Crippen molar-refractivity contribution in [1.29, 1.82) is 0 Å². The van der Waals surface area contributed by atoms with Crippen LogP contribution in [-0.4, -0.2) is 32.4 Å². The average molecular weight is 272 g/mol. The molecule has 1 atom stereocenters. The number of aliphatic hydroxyl groups excluding tert-OH is 1. The van der Waals surface area contributed by atoms with Crippen LogP contribution < -0.4 is 10.0 Å². The van der Waals surface area contributed by atoms with E-state index in [1.807, 2.05) is 19.1 Å². The molecule has 5 nitrogen and oxygen atoms in total. The normalized spacial score (nSPS) is 13.3. The molecule has 0 saturated heterocycles. The van der Waals surface area contributed by atoms with Gasteiger partial charge in [-0.2, -0.15) is 0 Å². The summed E-state index contributed by atoms with van der Waals surface area (Å²) in [5.74, 6) is 0.0587. The van der Waals surface area contributed by atoms with Crippen molar-refractivity contribution in [1.82, 2.24) is 5.32 Å². The third-order valence-electron chi connectivity index (χ3n) is 2.63. The molecule has 0 aliphatic carbocycles. The van der Waals surface area contributed by atoms with Gasteiger partial charge in [-0.1, -0.05) is 12.1 Å². The van der Waals surface area contributed by atoms with Crippen molar-refractivity contribution in [3.8, 4) is 0 Å². The van der Waals surface area contributed by atoms with Crippen LogP contribution in [0.5, 0.6) is 0 Å². The number of hydrogen-bond acceptors (Lipinski definition) is 4. The lowest BCUT2D eigenvalue weighted by atomic mass is 10.1. The largest absolute Gasteiger partial charge is 0.395 e. The van der Waals surface area contributed by atoms with Crippen molar-refractivity contribution in [2.45, 2.75) is 19.9 Å². The molecule has 0 spiro atoms. The van der Waals surface area contributed by atoms with Crippen LogP contribution in [0, 0.1) is 0 Å². The number of sulfonamides is 1. The first kappa shape index (κ1) is 14.9. The third-order valence-corrected chi connectivity index (χ3v) is 3.93. The molecule has 0 bridgehead atoms. The van der Waals surface area contributed by atoms with Gasteiger partial charge in [-0.25, -0.2) is 8.42 Å². The zero-order valence-corrected chi connectivity index (χ0v) is 11.5. The number of anilines is 1. The zero-order valence-electron chi connectivity index (χ0n) is 10.7. The van der Waals surface area contributed by atoms with Crippen LogP contribution in [0.15, 0.2) is 24.3 Å². The predicted molar refractivity (Wildman–Crippen MR) is 73.0 cm³/mol. The predicted octanol–water partition coefficient (Wildman–Crippen LogP) is 1.09. The molecule has 0 aliphatic rings. The Labute approximate surface area is 108 Å². The molecule has 1 aromatic rings. The first-order valence-corrected chi connectivity index (χ1v) is 7.58. The first-order valence-electron chi connectivity index (χ1n) is 5.93. The fourth-order valence-electron chi connectivity index (χ4n) is 1.49. The molecule has 0 heterocycles. The summed E-state index contributed by atoms with van der Waals surface area (Å²) in [6, 6.07) is 7.32. The Morgan fingerprint density at radius 1 is 1.28 bits per heavy atom. The molecule has 1 aromatic carbocycles. The number of rotatable bonds is 7. The van der Waals surface area contributed by atoms with Gasteiger partial charge in [-0.05, 0) is 31.5 Å². The molecule has 3 N–H and O–H groups in total. The van der Waals surface area contributed by atoms with Crippen molar-refractivity contribution in [3.63, 3.8) is 0 Å². The topological polar surface area (TPSA) is 78.4 Å². The molecule has 102 valence electrons. The van der Waals surface area contributed by atoms with E-state index < -0.39 is 10.0 Å². The second-order valence-corrected chi connectivity index (χ2v) is 6.04. The number of aliphatic hydroxyl groups is 1. The van der Waals surface area contributed by atoms with Crippen LogP contribution >= 0.6 is 0 Å². The van der Waals surface area contributed by atoms with Gasteiger partial charge >= 0.3 is 0 Å². The van der Waals surface area contributed by atoms with Gasteiger partial charge in [-0.15, -0.1) is 0 Å². The smallest absolute Gasteiger partial charge is 0.232 e. The molecule has 0 radical (unpaired) electrons. The second kappa shape index (κ2) is 6.72. The second-order valence-electron chi connectivity index (χ2n) is 4.03. The molecule has 6 heteroatoms. The first-order chi connectivity index (χ1) is 8.48. The van der Waals surface area contributed by atoms with Gasteiger partial charge in [0.05, 0.1) is 12.4 Å². The maximum absolute atomic E-state index is 11.4. The van der Waals surface area contributed by atoms with Gasteiger partial charge in [-0.3, -0.25) is 4.72 Å². The highest BCUT2D eigenvalue weighted by molar-refractivity contribution is 7.92. The highest BCUT2D eigenvalue weighted by atomic mass is 32.2. The van der Waals surface area contributed by atoms with Crippen molar-refractivity contribution >= 4 is 15.7 Å². The van der Waals surface area contributed by atoms with E-state index >= 15 is 0 Å². The minimum atomic E-state index is -3.22. The van der Waals surface area contributed by atoms with Crippen LogP contribution in [0.2, 0.25) is 0 Å². The van der Waals surface area contributed by atoms with E-state index in [-0.39, 0.29) is 18.4 Å². The summed E-state index contributed by atoms with van der Waals surface area (Å²) < 4.78 is 25.2. The van der Waals surface area contributed by atoms with Crippen LogP contribution in [0.1, 0.15) is 25.5 Å². The molecular weight excluding hydrogens is 252 g/mol. The molecule has 1 unspecified atom stereocenters. The fourth-order valence-corrected chi connectivity index (χ4v) is 2.13. The average Bonchev–Trinajstić information content (AvgIpc) is 2.36. The van der Waals surface area contributed by atoms with E-state index in [2.05, 4.69) is 10.0 Å². The van der Waals surface area contributed by atoms with E-state index in [1.54, 1.807) is 19.1 Å². The molecule has 18 heavy (non-hydrogen) atoms. The van der Waals surface area contributed by atoms with Crippen molar-refractivity contribution in [2.75, 3.05) is 23.6 Å². The Morgan fingerprint density at radius 3 is 2.39 bits per heavy atom. The Bertz CT molecular complexity index is 457. The summed E-state index contributed by atoms with van der Waals surface area (Å²) in [6.07, 6.45) is 0. The molecular formula is C12H20N2O3S. The van der Waals surface area contributed by atoms with E-state index in [4.69, 9.17) is 5.11 Å². The zero-order chi connectivity index (χ0) is 13.6. The van der Waals surface area contributed by atoms with E-state index in [9.17, 15) is 8.42 Å². The van der Waals surface area contributed by atoms with Gasteiger partial charge in [0, 0.05) is 18.3 Å². The maximum atomic E-state index is 11.4. The number of nitrogens with one attached hydrogen (secondary N) is 2. The van der Waals surface area contributed by atoms with Crippen LogP contribution in [-0.2, 0) is 10.0 Å². The summed E-state index contributed by atoms with van der Waals surface area (Å²) in [6.45, 7) is 4.21. The standard InChI is InChI=1S/C12H20N2O3S/c1-3-18(16,17)14-12-6-4-11(5-7-12)10(2)13-8-9-15/h4-7,10,13-15H,3,8-9H2,1-2H3. The van der Waals surface area contributed by atoms with Crippen molar-refractivity contribution in [3.05, 3.63) is 29.8 Å². The van der Waals surface area contributed by atoms with Gasteiger partial charge in [0.2, 0.25) is 10.0 Å². The minimum absolute atomic E-state index is 0.0587. The molecule has 0 amide bonds. The summed E-state index contributed by atoms with van der Waals surface area (Å²) in [4.78, 5) is 0. The summed E-state index contributed by atoms with van der Waals surface area (Å²) >= 11 is 0. The lowest BCUT2D eigenvalue weighted by Crippen LogP contribution is -2.22. The highest BCUT2D eigenvalue weighted by Gasteiger charge is 2.08. The van der Waals surface area contributed by atoms with Crippen LogP contribution in [0.25, 0.3) is 0 Å². The van der Waals surface area contributed by atoms with E-state index in [0.29, 0.717) is 12.2 Å². The molecule has 0 aliphatic heterocycles. The SMILES string of the molecule is CCS(=O)(=O)Nc1ccc(C(C)NCCO)cc1. The van der Waals surface area contributed by atoms with Gasteiger partial charge < -0.3 is 10.4 Å². The molecule has 0 aromatic heterocycles.